The van der Waals surface area contributed by atoms with Crippen LogP contribution in [0, 0.1) is 0 Å². The molecule has 0 heterocycles. The molecule has 0 aromatic heterocycles. The number of benzene rings is 1. The van der Waals surface area contributed by atoms with E-state index in [9.17, 15) is 5.11 Å². The lowest BCUT2D eigenvalue weighted by Crippen LogP contribution is -2.11. The second kappa shape index (κ2) is 4.51. The Hall–Kier alpha value is -0.730. The molecule has 0 amide bonds. The van der Waals surface area contributed by atoms with E-state index in [0.717, 1.165) is 18.4 Å². The third-order valence-corrected chi connectivity index (χ3v) is 3.80. The zero-order valence-corrected chi connectivity index (χ0v) is 11.3. The number of ether oxygens (including phenoxy) is 1. The molecule has 1 aliphatic carbocycles. The van der Waals surface area contributed by atoms with Crippen LogP contribution < -0.4 is 4.74 Å². The second-order valence-electron chi connectivity index (χ2n) is 5.25. The predicted octanol–water partition coefficient (Wildman–Crippen LogP) is 3.54. The summed E-state index contributed by atoms with van der Waals surface area (Å²) in [5.74, 6) is 1.13. The molecule has 1 N–H and O–H groups in total. The molecule has 17 heavy (non-hydrogen) atoms. The SMILES string of the molecule is COc1cc(C(C)C)cc(CC2(O)CC2)c1Cl. The van der Waals surface area contributed by atoms with Crippen molar-refractivity contribution in [1.29, 1.82) is 0 Å². The van der Waals surface area contributed by atoms with Gasteiger partial charge in [-0.3, -0.25) is 0 Å². The molecule has 0 spiro atoms. The molecule has 94 valence electrons. The highest BCUT2D eigenvalue weighted by Crippen LogP contribution is 2.42. The Morgan fingerprint density at radius 1 is 1.41 bits per heavy atom. The number of hydrogen-bond acceptors (Lipinski definition) is 2. The minimum atomic E-state index is -0.524. The Labute approximate surface area is 108 Å². The number of rotatable bonds is 4. The Balaban J connectivity index is 2.37. The smallest absolute Gasteiger partial charge is 0.138 e. The van der Waals surface area contributed by atoms with Gasteiger partial charge in [0, 0.05) is 6.42 Å². The first-order chi connectivity index (χ1) is 7.95. The van der Waals surface area contributed by atoms with Crippen LogP contribution in [-0.4, -0.2) is 17.8 Å². The Kier molecular flexibility index (Phi) is 3.37. The summed E-state index contributed by atoms with van der Waals surface area (Å²) >= 11 is 6.28. The zero-order chi connectivity index (χ0) is 12.6. The van der Waals surface area contributed by atoms with E-state index in [1.54, 1.807) is 7.11 Å². The number of hydrogen-bond donors (Lipinski definition) is 1. The van der Waals surface area contributed by atoms with Gasteiger partial charge in [0.25, 0.3) is 0 Å². The highest BCUT2D eigenvalue weighted by molar-refractivity contribution is 6.32. The van der Waals surface area contributed by atoms with Crippen molar-refractivity contribution in [3.8, 4) is 5.75 Å². The molecule has 0 atom stereocenters. The molecule has 1 aromatic rings. The summed E-state index contributed by atoms with van der Waals surface area (Å²) in [5, 5.41) is 10.6. The van der Waals surface area contributed by atoms with Crippen molar-refractivity contribution in [2.45, 2.75) is 44.6 Å². The molecule has 1 aliphatic rings. The summed E-state index contributed by atoms with van der Waals surface area (Å²) in [7, 11) is 1.63. The summed E-state index contributed by atoms with van der Waals surface area (Å²) in [5.41, 5.74) is 1.67. The van der Waals surface area contributed by atoms with Crippen LogP contribution in [0.2, 0.25) is 5.02 Å². The first-order valence-corrected chi connectivity index (χ1v) is 6.42. The van der Waals surface area contributed by atoms with E-state index in [-0.39, 0.29) is 0 Å². The van der Waals surface area contributed by atoms with Crippen LogP contribution in [0.1, 0.15) is 43.7 Å². The van der Waals surface area contributed by atoms with Gasteiger partial charge in [-0.15, -0.1) is 0 Å². The Bertz CT molecular complexity index is 422. The lowest BCUT2D eigenvalue weighted by atomic mass is 9.97. The normalized spacial score (nSPS) is 17.3. The molecule has 0 unspecified atom stereocenters. The van der Waals surface area contributed by atoms with E-state index >= 15 is 0 Å². The first-order valence-electron chi connectivity index (χ1n) is 6.04. The predicted molar refractivity (Wildman–Crippen MR) is 70.0 cm³/mol. The maximum absolute atomic E-state index is 10.0. The molecule has 1 fully saturated rings. The summed E-state index contributed by atoms with van der Waals surface area (Å²) in [6.45, 7) is 4.27. The van der Waals surface area contributed by atoms with Crippen molar-refractivity contribution in [2.24, 2.45) is 0 Å². The third kappa shape index (κ3) is 2.75. The van der Waals surface area contributed by atoms with Gasteiger partial charge in [-0.2, -0.15) is 0 Å². The van der Waals surface area contributed by atoms with Gasteiger partial charge in [0.1, 0.15) is 5.75 Å². The van der Waals surface area contributed by atoms with E-state index in [0.29, 0.717) is 23.1 Å². The van der Waals surface area contributed by atoms with Crippen LogP contribution >= 0.6 is 11.6 Å². The lowest BCUT2D eigenvalue weighted by molar-refractivity contribution is 0.151. The molecule has 1 aromatic carbocycles. The maximum Gasteiger partial charge on any atom is 0.138 e. The fraction of sp³-hybridized carbons (Fsp3) is 0.571. The number of aliphatic hydroxyl groups is 1. The van der Waals surface area contributed by atoms with Gasteiger partial charge >= 0.3 is 0 Å². The van der Waals surface area contributed by atoms with Crippen LogP contribution in [-0.2, 0) is 6.42 Å². The minimum Gasteiger partial charge on any atom is -0.495 e. The molecule has 2 rings (SSSR count). The van der Waals surface area contributed by atoms with Crippen molar-refractivity contribution < 1.29 is 9.84 Å². The fourth-order valence-corrected chi connectivity index (χ4v) is 2.22. The first kappa shape index (κ1) is 12.7. The van der Waals surface area contributed by atoms with Gasteiger partial charge in [-0.25, -0.2) is 0 Å². The Morgan fingerprint density at radius 3 is 2.53 bits per heavy atom. The molecule has 0 radical (unpaired) electrons. The standard InChI is InChI=1S/C14H19ClO2/c1-9(2)10-6-11(8-14(16)4-5-14)13(15)12(7-10)17-3/h6-7,9,16H,4-5,8H2,1-3H3. The van der Waals surface area contributed by atoms with Crippen molar-refractivity contribution in [3.63, 3.8) is 0 Å². The molecular weight excluding hydrogens is 236 g/mol. The quantitative estimate of drug-likeness (QED) is 0.891. The minimum absolute atomic E-state index is 0.425. The van der Waals surface area contributed by atoms with Gasteiger partial charge in [0.2, 0.25) is 0 Å². The maximum atomic E-state index is 10.0. The highest BCUT2D eigenvalue weighted by atomic mass is 35.5. The van der Waals surface area contributed by atoms with Crippen LogP contribution in [0.25, 0.3) is 0 Å². The van der Waals surface area contributed by atoms with Crippen LogP contribution in [0.5, 0.6) is 5.75 Å². The van der Waals surface area contributed by atoms with Gasteiger partial charge in [-0.1, -0.05) is 31.5 Å². The van der Waals surface area contributed by atoms with Gasteiger partial charge in [-0.05, 0) is 36.0 Å². The molecule has 0 saturated heterocycles. The Morgan fingerprint density at radius 2 is 2.06 bits per heavy atom. The summed E-state index contributed by atoms with van der Waals surface area (Å²) in [4.78, 5) is 0. The molecule has 1 saturated carbocycles. The fourth-order valence-electron chi connectivity index (χ4n) is 1.97. The van der Waals surface area contributed by atoms with Crippen molar-refractivity contribution in [3.05, 3.63) is 28.3 Å². The molecule has 3 heteroatoms. The number of halogens is 1. The van der Waals surface area contributed by atoms with E-state index in [1.807, 2.05) is 6.07 Å². The van der Waals surface area contributed by atoms with Crippen LogP contribution in [0.15, 0.2) is 12.1 Å². The van der Waals surface area contributed by atoms with Gasteiger partial charge in [0.05, 0.1) is 17.7 Å². The van der Waals surface area contributed by atoms with Gasteiger partial charge < -0.3 is 9.84 Å². The van der Waals surface area contributed by atoms with Crippen LogP contribution in [0.3, 0.4) is 0 Å². The highest BCUT2D eigenvalue weighted by Gasteiger charge is 2.40. The third-order valence-electron chi connectivity index (χ3n) is 3.37. The number of methoxy groups -OCH3 is 1. The average molecular weight is 255 g/mol. The van der Waals surface area contributed by atoms with E-state index < -0.39 is 5.60 Å². The molecule has 0 aliphatic heterocycles. The van der Waals surface area contributed by atoms with E-state index in [2.05, 4.69) is 19.9 Å². The molecule has 2 nitrogen and oxygen atoms in total. The van der Waals surface area contributed by atoms with Crippen LogP contribution in [0.4, 0.5) is 0 Å². The summed E-state index contributed by atoms with van der Waals surface area (Å²) in [6.07, 6.45) is 2.37. The monoisotopic (exact) mass is 254 g/mol. The largest absolute Gasteiger partial charge is 0.495 e. The summed E-state index contributed by atoms with van der Waals surface area (Å²) < 4.78 is 5.30. The lowest BCUT2D eigenvalue weighted by Gasteiger charge is -2.16. The molecule has 0 bridgehead atoms. The van der Waals surface area contributed by atoms with Crippen molar-refractivity contribution in [1.82, 2.24) is 0 Å². The topological polar surface area (TPSA) is 29.5 Å². The van der Waals surface area contributed by atoms with E-state index in [4.69, 9.17) is 16.3 Å². The van der Waals surface area contributed by atoms with Crippen molar-refractivity contribution >= 4 is 11.6 Å². The van der Waals surface area contributed by atoms with E-state index in [1.165, 1.54) is 5.56 Å². The summed E-state index contributed by atoms with van der Waals surface area (Å²) in [6, 6.07) is 4.07. The van der Waals surface area contributed by atoms with Crippen molar-refractivity contribution in [2.75, 3.05) is 7.11 Å². The zero-order valence-electron chi connectivity index (χ0n) is 10.6. The average Bonchev–Trinajstić information content (AvgIpc) is 2.99. The second-order valence-corrected chi connectivity index (χ2v) is 5.63. The van der Waals surface area contributed by atoms with Gasteiger partial charge in [0.15, 0.2) is 0 Å². The molecular formula is C14H19ClO2.